The number of carbonyl (C=O) groups is 2. The summed E-state index contributed by atoms with van der Waals surface area (Å²) in [5, 5.41) is 13.0. The van der Waals surface area contributed by atoms with Gasteiger partial charge in [0, 0.05) is 44.0 Å². The summed E-state index contributed by atoms with van der Waals surface area (Å²) in [6.07, 6.45) is 3.57. The first-order valence-corrected chi connectivity index (χ1v) is 12.0. The van der Waals surface area contributed by atoms with Gasteiger partial charge in [-0.2, -0.15) is 0 Å². The van der Waals surface area contributed by atoms with E-state index in [2.05, 4.69) is 26.8 Å². The number of thiazole rings is 1. The van der Waals surface area contributed by atoms with Crippen molar-refractivity contribution >= 4 is 29.4 Å². The Hall–Kier alpha value is -3.32. The second kappa shape index (κ2) is 18.0. The first kappa shape index (κ1) is 31.7. The van der Waals surface area contributed by atoms with Crippen molar-refractivity contribution in [3.05, 3.63) is 75.9 Å². The SMILES string of the molecule is C=CC=O.CO.COC(=O)C1=C(CN2CCOCC2)NC(c2nccs2)=NC1.Cc1cccc(F)c1F. The molecule has 2 aliphatic heterocycles. The van der Waals surface area contributed by atoms with Crippen LogP contribution in [0.5, 0.6) is 0 Å². The van der Waals surface area contributed by atoms with Gasteiger partial charge in [0.05, 0.1) is 32.4 Å². The van der Waals surface area contributed by atoms with E-state index in [0.29, 0.717) is 49.6 Å². The molecule has 1 aromatic carbocycles. The van der Waals surface area contributed by atoms with E-state index in [1.54, 1.807) is 6.20 Å². The van der Waals surface area contributed by atoms with Gasteiger partial charge in [-0.25, -0.2) is 18.6 Å². The van der Waals surface area contributed by atoms with E-state index < -0.39 is 11.6 Å². The van der Waals surface area contributed by atoms with Crippen LogP contribution in [0, 0.1) is 18.6 Å². The van der Waals surface area contributed by atoms with Crippen LogP contribution in [0.15, 0.2) is 58.7 Å². The summed E-state index contributed by atoms with van der Waals surface area (Å²) in [5.74, 6) is -1.16. The maximum absolute atomic E-state index is 12.4. The van der Waals surface area contributed by atoms with Crippen molar-refractivity contribution in [3.8, 4) is 0 Å². The summed E-state index contributed by atoms with van der Waals surface area (Å²) >= 11 is 1.52. The van der Waals surface area contributed by atoms with Crippen LogP contribution in [0.4, 0.5) is 8.78 Å². The molecule has 1 saturated heterocycles. The van der Waals surface area contributed by atoms with Crippen LogP contribution in [0.3, 0.4) is 0 Å². The number of hydrogen-bond donors (Lipinski definition) is 2. The van der Waals surface area contributed by atoms with Gasteiger partial charge in [-0.1, -0.05) is 18.7 Å². The predicted octanol–water partition coefficient (Wildman–Crippen LogP) is 2.51. The zero-order chi connectivity index (χ0) is 27.6. The van der Waals surface area contributed by atoms with Crippen molar-refractivity contribution in [1.29, 1.82) is 0 Å². The number of nitrogens with one attached hydrogen (secondary N) is 1. The highest BCUT2D eigenvalue weighted by molar-refractivity contribution is 7.11. The minimum atomic E-state index is -0.782. The van der Waals surface area contributed by atoms with Crippen LogP contribution in [0.25, 0.3) is 0 Å². The number of methoxy groups -OCH3 is 1. The number of halogens is 2. The first-order chi connectivity index (χ1) is 17.9. The number of esters is 1. The predicted molar refractivity (Wildman–Crippen MR) is 138 cm³/mol. The molecule has 9 nitrogen and oxygen atoms in total. The van der Waals surface area contributed by atoms with Gasteiger partial charge in [-0.05, 0) is 24.6 Å². The van der Waals surface area contributed by atoms with Crippen LogP contribution in [-0.4, -0.2) is 86.7 Å². The lowest BCUT2D eigenvalue weighted by molar-refractivity contribution is -0.136. The summed E-state index contributed by atoms with van der Waals surface area (Å²) in [6, 6.07) is 4.11. The second-order valence-corrected chi connectivity index (χ2v) is 8.10. The number of carbonyl (C=O) groups excluding carboxylic acids is 2. The lowest BCUT2D eigenvalue weighted by Gasteiger charge is -2.29. The molecular formula is C25H32F2N4O5S. The third-order valence-corrected chi connectivity index (χ3v) is 5.60. The maximum atomic E-state index is 12.4. The van der Waals surface area contributed by atoms with Gasteiger partial charge < -0.3 is 19.9 Å². The zero-order valence-electron chi connectivity index (χ0n) is 21.1. The Labute approximate surface area is 219 Å². The van der Waals surface area contributed by atoms with E-state index in [1.807, 2.05) is 5.38 Å². The molecule has 12 heteroatoms. The molecule has 2 aliphatic rings. The van der Waals surface area contributed by atoms with E-state index in [-0.39, 0.29) is 5.97 Å². The number of hydrogen-bond acceptors (Lipinski definition) is 10. The first-order valence-electron chi connectivity index (χ1n) is 11.1. The standard InChI is InChI=1S/C14H18N4O3S.C7H6F2.C3H4O.CH4O/c1-20-14(19)10-8-16-12(13-15-2-7-22-13)17-11(10)9-18-3-5-21-6-4-18;1-5-3-2-4-6(8)7(5)9;1-2-3-4;1-2/h2,7H,3-6,8-9H2,1H3,(H,16,17);2-4H,1H3;2-3H,1H2;2H,1H3. The van der Waals surface area contributed by atoms with Crippen LogP contribution >= 0.6 is 11.3 Å². The molecule has 0 radical (unpaired) electrons. The lowest BCUT2D eigenvalue weighted by Crippen LogP contribution is -2.42. The number of amidine groups is 1. The molecule has 1 fully saturated rings. The highest BCUT2D eigenvalue weighted by Gasteiger charge is 2.25. The van der Waals surface area contributed by atoms with Gasteiger partial charge in [-0.15, -0.1) is 11.3 Å². The molecular weight excluding hydrogens is 506 g/mol. The Kier molecular flexibility index (Phi) is 15.4. The minimum Gasteiger partial charge on any atom is -0.466 e. The number of rotatable bonds is 5. The van der Waals surface area contributed by atoms with Crippen LogP contribution in [0.1, 0.15) is 10.6 Å². The van der Waals surface area contributed by atoms with Gasteiger partial charge in [-0.3, -0.25) is 14.7 Å². The number of morpholine rings is 1. The van der Waals surface area contributed by atoms with Gasteiger partial charge >= 0.3 is 5.97 Å². The molecule has 4 rings (SSSR count). The van der Waals surface area contributed by atoms with Gasteiger partial charge in [0.2, 0.25) is 0 Å². The average molecular weight is 539 g/mol. The Bertz CT molecular complexity index is 1030. The lowest BCUT2D eigenvalue weighted by atomic mass is 10.1. The number of aromatic nitrogens is 1. The number of aliphatic hydroxyl groups is 1. The molecule has 1 aromatic heterocycles. The van der Waals surface area contributed by atoms with Crippen LogP contribution < -0.4 is 5.32 Å². The number of benzene rings is 1. The number of aliphatic hydroxyl groups excluding tert-OH is 1. The van der Waals surface area contributed by atoms with Crippen molar-refractivity contribution in [1.82, 2.24) is 15.2 Å². The van der Waals surface area contributed by atoms with E-state index in [0.717, 1.165) is 37.0 Å². The third kappa shape index (κ3) is 10.7. The van der Waals surface area contributed by atoms with Crippen molar-refractivity contribution in [3.63, 3.8) is 0 Å². The average Bonchev–Trinajstić information content (AvgIpc) is 3.49. The normalized spacial score (nSPS) is 14.7. The van der Waals surface area contributed by atoms with Crippen LogP contribution in [-0.2, 0) is 19.1 Å². The van der Waals surface area contributed by atoms with Gasteiger partial charge in [0.25, 0.3) is 0 Å². The number of aliphatic imine (C=N–C) groups is 1. The Morgan fingerprint density at radius 3 is 2.51 bits per heavy atom. The minimum absolute atomic E-state index is 0.314. The Balaban J connectivity index is 0.000000378. The molecule has 0 atom stereocenters. The highest BCUT2D eigenvalue weighted by Crippen LogP contribution is 2.16. The topological polar surface area (TPSA) is 113 Å². The number of allylic oxidation sites excluding steroid dienone is 1. The third-order valence-electron chi connectivity index (χ3n) is 4.82. The molecule has 2 aromatic rings. The van der Waals surface area contributed by atoms with E-state index in [9.17, 15) is 13.6 Å². The van der Waals surface area contributed by atoms with E-state index in [4.69, 9.17) is 19.4 Å². The van der Waals surface area contributed by atoms with E-state index in [1.165, 1.54) is 43.6 Å². The monoisotopic (exact) mass is 538 g/mol. The fraction of sp³-hybridized carbons (Fsp3) is 0.360. The highest BCUT2D eigenvalue weighted by atomic mass is 32.1. The maximum Gasteiger partial charge on any atom is 0.337 e. The number of nitrogens with zero attached hydrogens (tertiary/aromatic N) is 3. The Morgan fingerprint density at radius 1 is 1.32 bits per heavy atom. The number of ether oxygens (including phenoxy) is 2. The number of aldehydes is 1. The molecule has 0 unspecified atom stereocenters. The zero-order valence-corrected chi connectivity index (χ0v) is 21.9. The summed E-state index contributed by atoms with van der Waals surface area (Å²) < 4.78 is 34.8. The van der Waals surface area contributed by atoms with E-state index >= 15 is 0 Å². The molecule has 0 bridgehead atoms. The molecule has 0 spiro atoms. The van der Waals surface area contributed by atoms with Crippen molar-refractivity contribution in [2.75, 3.05) is 53.6 Å². The molecule has 0 aliphatic carbocycles. The Morgan fingerprint density at radius 2 is 2.00 bits per heavy atom. The summed E-state index contributed by atoms with van der Waals surface area (Å²) in [6.45, 7) is 8.74. The largest absolute Gasteiger partial charge is 0.466 e. The van der Waals surface area contributed by atoms with Crippen molar-refractivity contribution < 1.29 is 33.0 Å². The molecule has 0 saturated carbocycles. The molecule has 3 heterocycles. The number of aryl methyl sites for hydroxylation is 1. The van der Waals surface area contributed by atoms with Crippen LogP contribution in [0.2, 0.25) is 0 Å². The summed E-state index contributed by atoms with van der Waals surface area (Å²) in [7, 11) is 2.39. The quantitative estimate of drug-likeness (QED) is 0.339. The van der Waals surface area contributed by atoms with Gasteiger partial charge in [0.15, 0.2) is 22.5 Å². The summed E-state index contributed by atoms with van der Waals surface area (Å²) in [5.41, 5.74) is 1.76. The van der Waals surface area contributed by atoms with Crippen molar-refractivity contribution in [2.24, 2.45) is 4.99 Å². The molecule has 202 valence electrons. The molecule has 0 amide bonds. The summed E-state index contributed by atoms with van der Waals surface area (Å²) in [4.78, 5) is 32.0. The fourth-order valence-corrected chi connectivity index (χ4v) is 3.61. The second-order valence-electron chi connectivity index (χ2n) is 7.21. The molecule has 37 heavy (non-hydrogen) atoms. The fourth-order valence-electron chi connectivity index (χ4n) is 3.01. The molecule has 2 N–H and O–H groups in total. The van der Waals surface area contributed by atoms with Crippen molar-refractivity contribution in [2.45, 2.75) is 6.92 Å². The van der Waals surface area contributed by atoms with Gasteiger partial charge in [0.1, 0.15) is 6.29 Å². The smallest absolute Gasteiger partial charge is 0.337 e.